The van der Waals surface area contributed by atoms with Gasteiger partial charge in [0.05, 0.1) is 5.56 Å². The summed E-state index contributed by atoms with van der Waals surface area (Å²) in [6.45, 7) is -0.401. The number of benzene rings is 1. The molecule has 0 fully saturated rings. The molecule has 2 aromatic rings. The van der Waals surface area contributed by atoms with Crippen molar-refractivity contribution in [2.45, 2.75) is 4.90 Å². The maximum absolute atomic E-state index is 11.7. The third kappa shape index (κ3) is 5.62. The van der Waals surface area contributed by atoms with Crippen molar-refractivity contribution in [2.75, 3.05) is 11.9 Å². The summed E-state index contributed by atoms with van der Waals surface area (Å²) in [6.07, 6.45) is 1.26. The van der Waals surface area contributed by atoms with Gasteiger partial charge in [-0.1, -0.05) is 30.0 Å². The number of nitriles is 1. The van der Waals surface area contributed by atoms with Crippen molar-refractivity contribution >= 4 is 40.0 Å². The van der Waals surface area contributed by atoms with Crippen LogP contribution in [0.1, 0.15) is 5.56 Å². The van der Waals surface area contributed by atoms with Crippen molar-refractivity contribution in [3.8, 4) is 6.07 Å². The zero-order valence-corrected chi connectivity index (χ0v) is 13.5. The molecule has 116 valence electrons. The summed E-state index contributed by atoms with van der Waals surface area (Å²) in [5, 5.41) is 15.1. The number of nitrogens with zero attached hydrogens (tertiary/aromatic N) is 1. The third-order valence-electron chi connectivity index (χ3n) is 2.54. The second-order valence-electron chi connectivity index (χ2n) is 4.16. The molecular weight excluding hydrogens is 332 g/mol. The molecule has 0 aliphatic rings. The lowest BCUT2D eigenvalue weighted by molar-refractivity contribution is -0.142. The van der Waals surface area contributed by atoms with Gasteiger partial charge in [-0.3, -0.25) is 4.79 Å². The molecule has 1 aromatic carbocycles. The standard InChI is InChI=1S/C16H12N2O3S2/c17-10-12-6-8-23-16(12)18-14(19)11-21-15(20)7-9-22-13-4-2-1-3-5-13/h1-9H,11H2,(H,18,19)/b9-7+. The first-order valence-corrected chi connectivity index (χ1v) is 8.27. The number of carbonyl (C=O) groups excluding carboxylic acids is 2. The molecule has 1 N–H and O–H groups in total. The number of thiophene rings is 1. The maximum atomic E-state index is 11.7. The summed E-state index contributed by atoms with van der Waals surface area (Å²) in [4.78, 5) is 24.2. The van der Waals surface area contributed by atoms with Crippen LogP contribution in [0.4, 0.5) is 5.00 Å². The lowest BCUT2D eigenvalue weighted by Crippen LogP contribution is -2.19. The largest absolute Gasteiger partial charge is 0.452 e. The number of thioether (sulfide) groups is 1. The highest BCUT2D eigenvalue weighted by atomic mass is 32.2. The number of ether oxygens (including phenoxy) is 1. The van der Waals surface area contributed by atoms with Gasteiger partial charge in [-0.2, -0.15) is 5.26 Å². The average Bonchev–Trinajstić information content (AvgIpc) is 3.01. The van der Waals surface area contributed by atoms with E-state index in [1.54, 1.807) is 16.9 Å². The maximum Gasteiger partial charge on any atom is 0.331 e. The van der Waals surface area contributed by atoms with Crippen molar-refractivity contribution in [2.24, 2.45) is 0 Å². The molecule has 0 saturated carbocycles. The summed E-state index contributed by atoms with van der Waals surface area (Å²) in [7, 11) is 0. The molecule has 0 unspecified atom stereocenters. The Morgan fingerprint density at radius 3 is 2.83 bits per heavy atom. The van der Waals surface area contributed by atoms with Crippen LogP contribution in [0, 0.1) is 11.3 Å². The molecule has 0 atom stereocenters. The first-order chi connectivity index (χ1) is 11.2. The van der Waals surface area contributed by atoms with Crippen molar-refractivity contribution < 1.29 is 14.3 Å². The summed E-state index contributed by atoms with van der Waals surface area (Å²) in [6, 6.07) is 13.1. The highest BCUT2D eigenvalue weighted by Crippen LogP contribution is 2.22. The predicted molar refractivity (Wildman–Crippen MR) is 90.1 cm³/mol. The summed E-state index contributed by atoms with van der Waals surface area (Å²) in [5.74, 6) is -1.09. The van der Waals surface area contributed by atoms with Gasteiger partial charge in [0.25, 0.3) is 5.91 Å². The van der Waals surface area contributed by atoms with Crippen LogP contribution in [0.15, 0.2) is 58.2 Å². The molecule has 0 spiro atoms. The van der Waals surface area contributed by atoms with Crippen molar-refractivity contribution in [1.29, 1.82) is 5.26 Å². The molecule has 0 radical (unpaired) electrons. The third-order valence-corrected chi connectivity index (χ3v) is 4.18. The number of nitrogens with one attached hydrogen (secondary N) is 1. The fourth-order valence-electron chi connectivity index (χ4n) is 1.51. The van der Waals surface area contributed by atoms with Crippen LogP contribution in [-0.4, -0.2) is 18.5 Å². The number of anilines is 1. The van der Waals surface area contributed by atoms with Crippen LogP contribution in [0.2, 0.25) is 0 Å². The zero-order chi connectivity index (χ0) is 16.5. The van der Waals surface area contributed by atoms with E-state index in [4.69, 9.17) is 10.00 Å². The second kappa shape index (κ2) is 8.78. The molecule has 1 amide bonds. The van der Waals surface area contributed by atoms with E-state index in [-0.39, 0.29) is 0 Å². The number of hydrogen-bond donors (Lipinski definition) is 1. The fourth-order valence-corrected chi connectivity index (χ4v) is 2.91. The van der Waals surface area contributed by atoms with E-state index >= 15 is 0 Å². The van der Waals surface area contributed by atoms with E-state index in [1.807, 2.05) is 36.4 Å². The number of carbonyl (C=O) groups is 2. The first kappa shape index (κ1) is 16.8. The SMILES string of the molecule is N#Cc1ccsc1NC(=O)COC(=O)/C=C/Sc1ccccc1. The van der Waals surface area contributed by atoms with Crippen LogP contribution in [-0.2, 0) is 14.3 Å². The molecule has 7 heteroatoms. The molecule has 5 nitrogen and oxygen atoms in total. The Bertz CT molecular complexity index is 748. The molecule has 2 rings (SSSR count). The van der Waals surface area contributed by atoms with Crippen LogP contribution < -0.4 is 5.32 Å². The Hall–Kier alpha value is -2.56. The van der Waals surface area contributed by atoms with Gasteiger partial charge < -0.3 is 10.1 Å². The summed E-state index contributed by atoms with van der Waals surface area (Å²) in [5.41, 5.74) is 0.383. The normalized spacial score (nSPS) is 10.2. The average molecular weight is 344 g/mol. The minimum atomic E-state index is -0.602. The van der Waals surface area contributed by atoms with Crippen LogP contribution in [0.5, 0.6) is 0 Å². The Morgan fingerprint density at radius 2 is 2.09 bits per heavy atom. The van der Waals surface area contributed by atoms with Crippen LogP contribution in [0.3, 0.4) is 0 Å². The van der Waals surface area contributed by atoms with Gasteiger partial charge in [0.15, 0.2) is 6.61 Å². The second-order valence-corrected chi connectivity index (χ2v) is 6.06. The van der Waals surface area contributed by atoms with Gasteiger partial charge in [-0.15, -0.1) is 11.3 Å². The Kier molecular flexibility index (Phi) is 6.41. The van der Waals surface area contributed by atoms with E-state index in [9.17, 15) is 9.59 Å². The van der Waals surface area contributed by atoms with E-state index in [0.717, 1.165) is 4.90 Å². The molecule has 1 aromatic heterocycles. The zero-order valence-electron chi connectivity index (χ0n) is 11.9. The van der Waals surface area contributed by atoms with E-state index in [1.165, 1.54) is 29.2 Å². The topological polar surface area (TPSA) is 79.2 Å². The Labute approximate surface area is 141 Å². The molecular formula is C16H12N2O3S2. The van der Waals surface area contributed by atoms with E-state index in [0.29, 0.717) is 10.6 Å². The number of esters is 1. The fraction of sp³-hybridized carbons (Fsp3) is 0.0625. The van der Waals surface area contributed by atoms with Crippen molar-refractivity contribution in [3.63, 3.8) is 0 Å². The quantitative estimate of drug-likeness (QED) is 0.493. The molecule has 1 heterocycles. The molecule has 0 aliphatic heterocycles. The minimum absolute atomic E-state index is 0.383. The van der Waals surface area contributed by atoms with E-state index in [2.05, 4.69) is 5.32 Å². The summed E-state index contributed by atoms with van der Waals surface area (Å²) < 4.78 is 4.83. The molecule has 0 bridgehead atoms. The molecule has 0 aliphatic carbocycles. The highest BCUT2D eigenvalue weighted by molar-refractivity contribution is 8.02. The Morgan fingerprint density at radius 1 is 1.30 bits per heavy atom. The molecule has 0 saturated heterocycles. The number of amides is 1. The van der Waals surface area contributed by atoms with Gasteiger partial charge >= 0.3 is 5.97 Å². The Balaban J connectivity index is 1.74. The van der Waals surface area contributed by atoms with Crippen molar-refractivity contribution in [3.05, 3.63) is 58.8 Å². The van der Waals surface area contributed by atoms with Gasteiger partial charge in [0.1, 0.15) is 11.1 Å². The first-order valence-electron chi connectivity index (χ1n) is 6.51. The van der Waals surface area contributed by atoms with Gasteiger partial charge in [0.2, 0.25) is 0 Å². The smallest absolute Gasteiger partial charge is 0.331 e. The lowest BCUT2D eigenvalue weighted by Gasteiger charge is -2.03. The predicted octanol–water partition coefficient (Wildman–Crippen LogP) is 3.41. The van der Waals surface area contributed by atoms with Gasteiger partial charge in [-0.25, -0.2) is 4.79 Å². The minimum Gasteiger partial charge on any atom is -0.452 e. The van der Waals surface area contributed by atoms with Gasteiger partial charge in [-0.05, 0) is 29.0 Å². The monoisotopic (exact) mass is 344 g/mol. The highest BCUT2D eigenvalue weighted by Gasteiger charge is 2.09. The van der Waals surface area contributed by atoms with Crippen molar-refractivity contribution in [1.82, 2.24) is 0 Å². The van der Waals surface area contributed by atoms with E-state index < -0.39 is 18.5 Å². The summed E-state index contributed by atoms with van der Waals surface area (Å²) >= 11 is 2.61. The number of rotatable bonds is 6. The number of hydrogen-bond acceptors (Lipinski definition) is 6. The molecule has 23 heavy (non-hydrogen) atoms. The van der Waals surface area contributed by atoms with Gasteiger partial charge in [0, 0.05) is 11.0 Å². The van der Waals surface area contributed by atoms with Crippen LogP contribution >= 0.6 is 23.1 Å². The van der Waals surface area contributed by atoms with Crippen LogP contribution in [0.25, 0.3) is 0 Å². The lowest BCUT2D eigenvalue weighted by atomic mass is 10.3.